The van der Waals surface area contributed by atoms with Crippen LogP contribution in [0.1, 0.15) is 16.2 Å². The van der Waals surface area contributed by atoms with Crippen LogP contribution in [0.3, 0.4) is 0 Å². The summed E-state index contributed by atoms with van der Waals surface area (Å²) in [4.78, 5) is 10.3. The van der Waals surface area contributed by atoms with Gasteiger partial charge in [-0.15, -0.1) is 10.2 Å². The zero-order valence-electron chi connectivity index (χ0n) is 6.54. The third-order valence-electron chi connectivity index (χ3n) is 1.32. The summed E-state index contributed by atoms with van der Waals surface area (Å²) in [5.74, 6) is -1.52. The highest BCUT2D eigenvalue weighted by atomic mass is 19.4. The predicted octanol–water partition coefficient (Wildman–Crippen LogP) is 0.776. The van der Waals surface area contributed by atoms with Crippen LogP contribution in [0.15, 0.2) is 6.07 Å². The Bertz CT molecular complexity index is 377. The van der Waals surface area contributed by atoms with Gasteiger partial charge in [0, 0.05) is 0 Å². The van der Waals surface area contributed by atoms with Crippen LogP contribution in [0.2, 0.25) is 0 Å². The summed E-state index contributed by atoms with van der Waals surface area (Å²) in [6.07, 6.45) is -4.68. The van der Waals surface area contributed by atoms with Gasteiger partial charge in [-0.2, -0.15) is 13.2 Å². The Morgan fingerprint density at radius 3 is 2.36 bits per heavy atom. The Morgan fingerprint density at radius 2 is 2.00 bits per heavy atom. The van der Waals surface area contributed by atoms with Crippen molar-refractivity contribution < 1.29 is 23.1 Å². The molecule has 1 rings (SSSR count). The van der Waals surface area contributed by atoms with Crippen molar-refractivity contribution in [2.24, 2.45) is 0 Å². The first-order chi connectivity index (χ1) is 6.32. The van der Waals surface area contributed by atoms with Crippen molar-refractivity contribution in [2.75, 3.05) is 5.73 Å². The van der Waals surface area contributed by atoms with Crippen LogP contribution in [0.5, 0.6) is 0 Å². The molecule has 8 heteroatoms. The van der Waals surface area contributed by atoms with Crippen molar-refractivity contribution in [1.29, 1.82) is 0 Å². The van der Waals surface area contributed by atoms with E-state index in [9.17, 15) is 18.0 Å². The molecule has 0 bridgehead atoms. The summed E-state index contributed by atoms with van der Waals surface area (Å²) < 4.78 is 36.0. The van der Waals surface area contributed by atoms with Crippen molar-refractivity contribution in [3.05, 3.63) is 17.5 Å². The topological polar surface area (TPSA) is 89.1 Å². The second-order valence-corrected chi connectivity index (χ2v) is 2.34. The van der Waals surface area contributed by atoms with Gasteiger partial charge in [-0.25, -0.2) is 4.79 Å². The average Bonchev–Trinajstić information content (AvgIpc) is 2.01. The first-order valence-electron chi connectivity index (χ1n) is 3.26. The number of nitrogens with zero attached hydrogens (tertiary/aromatic N) is 2. The molecule has 0 fully saturated rings. The van der Waals surface area contributed by atoms with E-state index >= 15 is 0 Å². The summed E-state index contributed by atoms with van der Waals surface area (Å²) in [7, 11) is 0. The zero-order valence-corrected chi connectivity index (χ0v) is 6.54. The fourth-order valence-corrected chi connectivity index (χ4v) is 0.711. The molecule has 0 spiro atoms. The lowest BCUT2D eigenvalue weighted by atomic mass is 10.3. The number of aromatic carboxylic acids is 1. The highest BCUT2D eigenvalue weighted by Crippen LogP contribution is 2.28. The lowest BCUT2D eigenvalue weighted by Gasteiger charge is -2.05. The highest BCUT2D eigenvalue weighted by Gasteiger charge is 2.34. The number of carbonyl (C=O) groups is 1. The first-order valence-corrected chi connectivity index (χ1v) is 3.26. The second kappa shape index (κ2) is 3.13. The molecule has 0 amide bonds. The Morgan fingerprint density at radius 1 is 1.43 bits per heavy atom. The largest absolute Gasteiger partial charge is 0.476 e. The van der Waals surface area contributed by atoms with Crippen LogP contribution in [-0.4, -0.2) is 21.3 Å². The summed E-state index contributed by atoms with van der Waals surface area (Å²) in [6.45, 7) is 0. The van der Waals surface area contributed by atoms with E-state index in [-0.39, 0.29) is 0 Å². The van der Waals surface area contributed by atoms with E-state index in [1.54, 1.807) is 0 Å². The van der Waals surface area contributed by atoms with Gasteiger partial charge in [-0.05, 0) is 6.07 Å². The number of carboxylic acid groups (broad SMARTS) is 1. The average molecular weight is 207 g/mol. The third kappa shape index (κ3) is 1.90. The molecule has 0 radical (unpaired) electrons. The van der Waals surface area contributed by atoms with Crippen LogP contribution < -0.4 is 5.73 Å². The highest BCUT2D eigenvalue weighted by molar-refractivity contribution is 5.90. The molecule has 0 unspecified atom stereocenters. The minimum absolute atomic E-state index is 0.427. The summed E-state index contributed by atoms with van der Waals surface area (Å²) in [5.41, 5.74) is 2.45. The second-order valence-electron chi connectivity index (χ2n) is 2.34. The lowest BCUT2D eigenvalue weighted by molar-refractivity contribution is -0.141. The molecule has 0 aliphatic heterocycles. The molecule has 0 aromatic carbocycles. The number of aromatic nitrogens is 2. The Labute approximate surface area is 75.4 Å². The third-order valence-corrected chi connectivity index (χ3v) is 1.32. The molecular formula is C6H4F3N3O2. The molecule has 0 saturated heterocycles. The maximum Gasteiger partial charge on any atom is 0.435 e. The Kier molecular flexibility index (Phi) is 2.28. The van der Waals surface area contributed by atoms with Crippen LogP contribution in [0, 0.1) is 0 Å². The Hall–Kier alpha value is -1.86. The van der Waals surface area contributed by atoms with Gasteiger partial charge in [-0.1, -0.05) is 0 Å². The van der Waals surface area contributed by atoms with Gasteiger partial charge in [0.2, 0.25) is 0 Å². The minimum atomic E-state index is -4.68. The number of anilines is 1. The number of alkyl halides is 3. The van der Waals surface area contributed by atoms with Gasteiger partial charge in [0.05, 0.1) is 5.69 Å². The summed E-state index contributed by atoms with van der Waals surface area (Å²) in [6, 6.07) is 0.427. The van der Waals surface area contributed by atoms with Gasteiger partial charge >= 0.3 is 12.1 Å². The monoisotopic (exact) mass is 207 g/mol. The number of carboxylic acids is 1. The van der Waals surface area contributed by atoms with E-state index < -0.39 is 29.2 Å². The SMILES string of the molecule is Nc1cc(C(F)(F)F)nnc1C(=O)O. The van der Waals surface area contributed by atoms with Crippen molar-refractivity contribution in [3.8, 4) is 0 Å². The molecule has 76 valence electrons. The standard InChI is InChI=1S/C6H4F3N3O2/c7-6(8,9)3-1-2(10)4(5(13)14)12-11-3/h1H,(H2,10,11)(H,13,14). The van der Waals surface area contributed by atoms with Gasteiger partial charge in [0.15, 0.2) is 11.4 Å². The van der Waals surface area contributed by atoms with E-state index in [0.717, 1.165) is 0 Å². The number of hydrogen-bond acceptors (Lipinski definition) is 4. The van der Waals surface area contributed by atoms with Gasteiger partial charge < -0.3 is 10.8 Å². The molecule has 0 aliphatic carbocycles. The molecular weight excluding hydrogens is 203 g/mol. The number of nitrogens with two attached hydrogens (primary N) is 1. The van der Waals surface area contributed by atoms with Gasteiger partial charge in [0.25, 0.3) is 0 Å². The molecule has 0 aliphatic rings. The van der Waals surface area contributed by atoms with Crippen molar-refractivity contribution in [2.45, 2.75) is 6.18 Å². The number of hydrogen-bond donors (Lipinski definition) is 2. The quantitative estimate of drug-likeness (QED) is 0.710. The first kappa shape index (κ1) is 10.2. The molecule has 0 atom stereocenters. The van der Waals surface area contributed by atoms with Crippen LogP contribution >= 0.6 is 0 Å². The lowest BCUT2D eigenvalue weighted by Crippen LogP contribution is -2.14. The predicted molar refractivity (Wildman–Crippen MR) is 38.4 cm³/mol. The van der Waals surface area contributed by atoms with Crippen LogP contribution in [-0.2, 0) is 6.18 Å². The van der Waals surface area contributed by atoms with E-state index in [2.05, 4.69) is 10.2 Å². The van der Waals surface area contributed by atoms with Gasteiger partial charge in [0.1, 0.15) is 0 Å². The van der Waals surface area contributed by atoms with E-state index in [4.69, 9.17) is 10.8 Å². The van der Waals surface area contributed by atoms with E-state index in [1.807, 2.05) is 0 Å². The number of nitrogen functional groups attached to an aromatic ring is 1. The normalized spacial score (nSPS) is 11.4. The summed E-state index contributed by atoms with van der Waals surface area (Å²) >= 11 is 0. The minimum Gasteiger partial charge on any atom is -0.476 e. The molecule has 1 heterocycles. The maximum atomic E-state index is 12.0. The number of halogens is 3. The van der Waals surface area contributed by atoms with Crippen molar-refractivity contribution in [1.82, 2.24) is 10.2 Å². The van der Waals surface area contributed by atoms with Gasteiger partial charge in [-0.3, -0.25) is 0 Å². The smallest absolute Gasteiger partial charge is 0.435 e. The number of rotatable bonds is 1. The maximum absolute atomic E-state index is 12.0. The molecule has 14 heavy (non-hydrogen) atoms. The Balaban J connectivity index is 3.20. The van der Waals surface area contributed by atoms with Crippen LogP contribution in [0.4, 0.5) is 18.9 Å². The molecule has 1 aromatic heterocycles. The molecule has 0 saturated carbocycles. The summed E-state index contributed by atoms with van der Waals surface area (Å²) in [5, 5.41) is 13.9. The van der Waals surface area contributed by atoms with Crippen molar-refractivity contribution >= 4 is 11.7 Å². The van der Waals surface area contributed by atoms with E-state index in [1.165, 1.54) is 0 Å². The fraction of sp³-hybridized carbons (Fsp3) is 0.167. The fourth-order valence-electron chi connectivity index (χ4n) is 0.711. The zero-order chi connectivity index (χ0) is 10.9. The van der Waals surface area contributed by atoms with Crippen molar-refractivity contribution in [3.63, 3.8) is 0 Å². The van der Waals surface area contributed by atoms with E-state index in [0.29, 0.717) is 6.07 Å². The molecule has 3 N–H and O–H groups in total. The molecule has 5 nitrogen and oxygen atoms in total. The van der Waals surface area contributed by atoms with Crippen LogP contribution in [0.25, 0.3) is 0 Å². The molecule has 1 aromatic rings.